The van der Waals surface area contributed by atoms with Crippen LogP contribution in [-0.2, 0) is 17.8 Å². The van der Waals surface area contributed by atoms with Crippen LogP contribution in [0.5, 0.6) is 0 Å². The van der Waals surface area contributed by atoms with E-state index in [2.05, 4.69) is 38.5 Å². The molecule has 4 N–H and O–H groups in total. The predicted molar refractivity (Wildman–Crippen MR) is 124 cm³/mol. The van der Waals surface area contributed by atoms with Crippen LogP contribution in [0.4, 0.5) is 5.69 Å². The molecule has 0 saturated carbocycles. The van der Waals surface area contributed by atoms with Crippen LogP contribution >= 0.6 is 0 Å². The summed E-state index contributed by atoms with van der Waals surface area (Å²) in [6.07, 6.45) is 7.01. The number of nitrogens with two attached hydrogens (primary N) is 1. The number of carbonyl (C=O) groups excluding carboxylic acids is 2. The highest BCUT2D eigenvalue weighted by molar-refractivity contribution is 6.11. The molecular weight excluding hydrogens is 390 g/mol. The van der Waals surface area contributed by atoms with E-state index in [1.165, 1.54) is 17.3 Å². The van der Waals surface area contributed by atoms with Gasteiger partial charge in [0.25, 0.3) is 0 Å². The second kappa shape index (κ2) is 8.97. The molecule has 0 atom stereocenters. The van der Waals surface area contributed by atoms with Crippen molar-refractivity contribution in [2.75, 3.05) is 18.4 Å². The molecule has 7 heteroatoms. The van der Waals surface area contributed by atoms with Crippen LogP contribution in [0, 0.1) is 0 Å². The van der Waals surface area contributed by atoms with Crippen LogP contribution in [0.25, 0.3) is 17.0 Å². The molecule has 4 rings (SSSR count). The fourth-order valence-electron chi connectivity index (χ4n) is 4.18. The second-order valence-corrected chi connectivity index (χ2v) is 7.61. The lowest BCUT2D eigenvalue weighted by atomic mass is 10.00. The monoisotopic (exact) mass is 415 g/mol. The molecule has 7 nitrogen and oxygen atoms in total. The zero-order valence-electron chi connectivity index (χ0n) is 17.4. The van der Waals surface area contributed by atoms with Crippen molar-refractivity contribution in [1.29, 1.82) is 0 Å². The molecule has 0 aliphatic carbocycles. The highest BCUT2D eigenvalue weighted by atomic mass is 16.2. The van der Waals surface area contributed by atoms with Crippen molar-refractivity contribution in [3.63, 3.8) is 0 Å². The number of fused-ring (bicyclic) bond motifs is 2. The Morgan fingerprint density at radius 1 is 1.29 bits per heavy atom. The summed E-state index contributed by atoms with van der Waals surface area (Å²) in [5, 5.41) is 7.29. The van der Waals surface area contributed by atoms with Gasteiger partial charge in [0.15, 0.2) is 6.29 Å². The van der Waals surface area contributed by atoms with Crippen molar-refractivity contribution in [3.8, 4) is 0 Å². The molecule has 1 aliphatic rings. The molecule has 0 fully saturated rings. The Morgan fingerprint density at radius 3 is 2.84 bits per heavy atom. The third-order valence-electron chi connectivity index (χ3n) is 5.52. The number of aldehydes is 1. The number of aromatic nitrogens is 1. The minimum absolute atomic E-state index is 0.112. The molecule has 2 heterocycles. The van der Waals surface area contributed by atoms with Crippen LogP contribution in [-0.4, -0.2) is 41.4 Å². The van der Waals surface area contributed by atoms with Gasteiger partial charge in [0.2, 0.25) is 5.91 Å². The van der Waals surface area contributed by atoms with Gasteiger partial charge in [0.1, 0.15) is 0 Å². The van der Waals surface area contributed by atoms with Gasteiger partial charge < -0.3 is 16.1 Å². The summed E-state index contributed by atoms with van der Waals surface area (Å²) >= 11 is 0. The third-order valence-corrected chi connectivity index (χ3v) is 5.52. The molecule has 158 valence electrons. The average molecular weight is 415 g/mol. The lowest BCUT2D eigenvalue weighted by molar-refractivity contribution is -0.117. The number of amides is 1. The average Bonchev–Trinajstić information content (AvgIpc) is 3.10. The van der Waals surface area contributed by atoms with E-state index >= 15 is 0 Å². The lowest BCUT2D eigenvalue weighted by Gasteiger charge is -2.28. The Hall–Kier alpha value is -3.71. The number of hydrogen-bond donors (Lipinski definition) is 3. The molecule has 0 spiro atoms. The largest absolute Gasteiger partial charge is 0.354 e. The summed E-state index contributed by atoms with van der Waals surface area (Å²) in [6, 6.07) is 11.8. The predicted octanol–water partition coefficient (Wildman–Crippen LogP) is 3.30. The summed E-state index contributed by atoms with van der Waals surface area (Å²) < 4.78 is 0. The van der Waals surface area contributed by atoms with Crippen molar-refractivity contribution in [1.82, 2.24) is 9.88 Å². The number of allylic oxidation sites excluding steroid dienone is 1. The fourth-order valence-corrected chi connectivity index (χ4v) is 4.18. The van der Waals surface area contributed by atoms with E-state index in [9.17, 15) is 9.59 Å². The zero-order chi connectivity index (χ0) is 21.8. The van der Waals surface area contributed by atoms with Crippen molar-refractivity contribution in [2.24, 2.45) is 10.9 Å². The van der Waals surface area contributed by atoms with E-state index in [4.69, 9.17) is 5.84 Å². The first-order chi connectivity index (χ1) is 15.1. The number of hydrazone groups is 1. The van der Waals surface area contributed by atoms with Crippen LogP contribution in [0.15, 0.2) is 47.6 Å². The minimum atomic E-state index is -0.112. The Labute approximate surface area is 180 Å². The summed E-state index contributed by atoms with van der Waals surface area (Å²) in [7, 11) is 0. The summed E-state index contributed by atoms with van der Waals surface area (Å²) in [4.78, 5) is 29.9. The molecule has 0 unspecified atom stereocenters. The molecule has 1 amide bonds. The number of carbonyl (C=O) groups is 2. The Bertz CT molecular complexity index is 1190. The molecule has 3 aromatic rings. The van der Waals surface area contributed by atoms with Crippen molar-refractivity contribution >= 4 is 41.1 Å². The van der Waals surface area contributed by atoms with Gasteiger partial charge in [-0.2, -0.15) is 5.10 Å². The van der Waals surface area contributed by atoms with Gasteiger partial charge in [-0.05, 0) is 42.7 Å². The van der Waals surface area contributed by atoms with Crippen LogP contribution < -0.4 is 11.2 Å². The SMILES string of the molecule is C/C=C/c1[nH]c2cc(NC(=O)CN3CCc4ccccc4C3)cc(C=O)c2c1/C=N\N. The van der Waals surface area contributed by atoms with Gasteiger partial charge >= 0.3 is 0 Å². The van der Waals surface area contributed by atoms with E-state index in [-0.39, 0.29) is 5.91 Å². The Morgan fingerprint density at radius 2 is 2.10 bits per heavy atom. The molecule has 0 radical (unpaired) electrons. The van der Waals surface area contributed by atoms with E-state index in [0.29, 0.717) is 17.8 Å². The normalized spacial score (nSPS) is 14.4. The first kappa shape index (κ1) is 20.6. The van der Waals surface area contributed by atoms with E-state index in [1.54, 1.807) is 6.07 Å². The molecule has 31 heavy (non-hydrogen) atoms. The number of nitrogens with one attached hydrogen (secondary N) is 2. The first-order valence-electron chi connectivity index (χ1n) is 10.2. The van der Waals surface area contributed by atoms with Crippen LogP contribution in [0.2, 0.25) is 0 Å². The highest BCUT2D eigenvalue weighted by Crippen LogP contribution is 2.29. The molecule has 0 bridgehead atoms. The molecule has 1 aliphatic heterocycles. The van der Waals surface area contributed by atoms with Gasteiger partial charge in [-0.3, -0.25) is 14.5 Å². The van der Waals surface area contributed by atoms with E-state index in [0.717, 1.165) is 48.0 Å². The molecular formula is C24H25N5O2. The summed E-state index contributed by atoms with van der Waals surface area (Å²) in [5.41, 5.74) is 5.91. The number of benzene rings is 2. The number of rotatable bonds is 6. The van der Waals surface area contributed by atoms with Gasteiger partial charge in [0, 0.05) is 46.5 Å². The summed E-state index contributed by atoms with van der Waals surface area (Å²) in [5.74, 6) is 5.25. The van der Waals surface area contributed by atoms with Crippen LogP contribution in [0.3, 0.4) is 0 Å². The van der Waals surface area contributed by atoms with Gasteiger partial charge in [-0.1, -0.05) is 30.3 Å². The Balaban J connectivity index is 1.56. The van der Waals surface area contributed by atoms with E-state index in [1.807, 2.05) is 31.2 Å². The topological polar surface area (TPSA) is 104 Å². The number of hydrogen-bond acceptors (Lipinski definition) is 5. The van der Waals surface area contributed by atoms with Crippen molar-refractivity contribution in [3.05, 3.63) is 70.4 Å². The number of aromatic amines is 1. The maximum Gasteiger partial charge on any atom is 0.238 e. The number of nitrogens with zero attached hydrogens (tertiary/aromatic N) is 2. The zero-order valence-corrected chi connectivity index (χ0v) is 17.4. The standard InChI is InChI=1S/C24H25N5O2/c1-2-5-21-20(12-26-25)24-18(15-30)10-19(11-22(24)28-21)27-23(31)14-29-9-8-16-6-3-4-7-17(16)13-29/h2-7,10-12,15,28H,8-9,13-14,25H2,1H3,(H,27,31)/b5-2+,26-12-. The maximum absolute atomic E-state index is 12.7. The third kappa shape index (κ3) is 4.27. The number of H-pyrrole nitrogens is 1. The number of anilines is 1. The fraction of sp³-hybridized carbons (Fsp3) is 0.208. The molecule has 2 aromatic carbocycles. The lowest BCUT2D eigenvalue weighted by Crippen LogP contribution is -2.37. The second-order valence-electron chi connectivity index (χ2n) is 7.61. The quantitative estimate of drug-likeness (QED) is 0.249. The van der Waals surface area contributed by atoms with Crippen molar-refractivity contribution < 1.29 is 9.59 Å². The van der Waals surface area contributed by atoms with Gasteiger partial charge in [-0.25, -0.2) is 0 Å². The van der Waals surface area contributed by atoms with Gasteiger partial charge in [0.05, 0.1) is 12.8 Å². The van der Waals surface area contributed by atoms with Crippen molar-refractivity contribution in [2.45, 2.75) is 19.9 Å². The maximum atomic E-state index is 12.7. The smallest absolute Gasteiger partial charge is 0.238 e. The summed E-state index contributed by atoms with van der Waals surface area (Å²) in [6.45, 7) is 3.80. The van der Waals surface area contributed by atoms with Crippen LogP contribution in [0.1, 0.15) is 39.7 Å². The van der Waals surface area contributed by atoms with E-state index < -0.39 is 0 Å². The Kier molecular flexibility index (Phi) is 5.95. The highest BCUT2D eigenvalue weighted by Gasteiger charge is 2.19. The molecule has 0 saturated heterocycles. The first-order valence-corrected chi connectivity index (χ1v) is 10.2. The van der Waals surface area contributed by atoms with Gasteiger partial charge in [-0.15, -0.1) is 0 Å². The minimum Gasteiger partial charge on any atom is -0.354 e. The molecule has 1 aromatic heterocycles.